The number of nitrogens with one attached hydrogen (secondary N) is 1. The van der Waals surface area contributed by atoms with Crippen molar-refractivity contribution >= 4 is 17.7 Å². The van der Waals surface area contributed by atoms with E-state index in [0.717, 1.165) is 12.1 Å². The van der Waals surface area contributed by atoms with Crippen molar-refractivity contribution in [3.05, 3.63) is 23.2 Å². The third-order valence-electron chi connectivity index (χ3n) is 3.12. The van der Waals surface area contributed by atoms with Gasteiger partial charge < -0.3 is 15.0 Å². The highest BCUT2D eigenvalue weighted by Gasteiger charge is 2.29. The predicted octanol–water partition coefficient (Wildman–Crippen LogP) is 2.23. The molecule has 1 aromatic rings. The smallest absolute Gasteiger partial charge is 0.410 e. The van der Waals surface area contributed by atoms with Crippen LogP contribution in [0.15, 0.2) is 12.4 Å². The van der Waals surface area contributed by atoms with Crippen LogP contribution >= 0.6 is 11.6 Å². The minimum absolute atomic E-state index is 0.218. The summed E-state index contributed by atoms with van der Waals surface area (Å²) in [5, 5.41) is 3.76. The molecule has 0 aromatic carbocycles. The Morgan fingerprint density at radius 2 is 2.19 bits per heavy atom. The Balaban J connectivity index is 1.80. The highest BCUT2D eigenvalue weighted by atomic mass is 35.5. The highest BCUT2D eigenvalue weighted by molar-refractivity contribution is 6.29. The fourth-order valence-electron chi connectivity index (χ4n) is 2.13. The van der Waals surface area contributed by atoms with Crippen molar-refractivity contribution in [2.75, 3.05) is 13.1 Å². The van der Waals surface area contributed by atoms with Gasteiger partial charge in [0.25, 0.3) is 0 Å². The lowest BCUT2D eigenvalue weighted by molar-refractivity contribution is 0.0291. The van der Waals surface area contributed by atoms with Crippen LogP contribution in [-0.4, -0.2) is 45.7 Å². The molecule has 1 aromatic heterocycles. The Bertz CT molecular complexity index is 504. The molecule has 1 atom stereocenters. The van der Waals surface area contributed by atoms with E-state index in [0.29, 0.717) is 24.8 Å². The molecular weight excluding hydrogens is 292 g/mol. The second-order valence-corrected chi connectivity index (χ2v) is 6.44. The number of rotatable bonds is 3. The summed E-state index contributed by atoms with van der Waals surface area (Å²) in [6.45, 7) is 7.47. The van der Waals surface area contributed by atoms with Crippen molar-refractivity contribution in [3.63, 3.8) is 0 Å². The number of halogens is 1. The van der Waals surface area contributed by atoms with E-state index in [9.17, 15) is 4.79 Å². The summed E-state index contributed by atoms with van der Waals surface area (Å²) in [5.41, 5.74) is 0.255. The van der Waals surface area contributed by atoms with Gasteiger partial charge >= 0.3 is 6.09 Å². The van der Waals surface area contributed by atoms with Crippen LogP contribution in [0.1, 0.15) is 32.9 Å². The molecule has 2 heterocycles. The summed E-state index contributed by atoms with van der Waals surface area (Å²) >= 11 is 5.96. The zero-order valence-electron chi connectivity index (χ0n) is 12.6. The molecule has 6 nitrogen and oxygen atoms in total. The third-order valence-corrected chi connectivity index (χ3v) is 3.44. The average Bonchev–Trinajstić information content (AvgIpc) is 2.85. The minimum atomic E-state index is -0.463. The lowest BCUT2D eigenvalue weighted by atomic mass is 10.2. The van der Waals surface area contributed by atoms with E-state index in [-0.39, 0.29) is 12.1 Å². The van der Waals surface area contributed by atoms with Gasteiger partial charge in [-0.15, -0.1) is 0 Å². The molecule has 0 saturated carbocycles. The van der Waals surface area contributed by atoms with Gasteiger partial charge in [0, 0.05) is 38.1 Å². The van der Waals surface area contributed by atoms with Crippen molar-refractivity contribution < 1.29 is 9.53 Å². The molecule has 7 heteroatoms. The first-order valence-corrected chi connectivity index (χ1v) is 7.39. The number of hydrogen-bond donors (Lipinski definition) is 1. The Morgan fingerprint density at radius 3 is 2.86 bits per heavy atom. The van der Waals surface area contributed by atoms with Gasteiger partial charge in [-0.3, -0.25) is 4.98 Å². The normalized spacial score (nSPS) is 18.9. The molecule has 0 spiro atoms. The maximum Gasteiger partial charge on any atom is 0.410 e. The standard InChI is InChI=1S/C14H21ClN4O2/c1-14(2,3)21-13(20)19-7-4-10(9-19)18-8-11-12(15)17-6-5-16-11/h5-6,10,18H,4,7-9H2,1-3H3. The van der Waals surface area contributed by atoms with Crippen LogP contribution in [-0.2, 0) is 11.3 Å². The number of carbonyl (C=O) groups excluding carboxylic acids is 1. The second-order valence-electron chi connectivity index (χ2n) is 6.09. The van der Waals surface area contributed by atoms with Gasteiger partial charge in [-0.05, 0) is 27.2 Å². The lowest BCUT2D eigenvalue weighted by Crippen LogP contribution is -2.38. The van der Waals surface area contributed by atoms with Crippen LogP contribution in [0.3, 0.4) is 0 Å². The maximum atomic E-state index is 12.0. The SMILES string of the molecule is CC(C)(C)OC(=O)N1CCC(NCc2nccnc2Cl)C1. The molecular formula is C14H21ClN4O2. The van der Waals surface area contributed by atoms with E-state index < -0.39 is 5.60 Å². The van der Waals surface area contributed by atoms with Gasteiger partial charge in [0.2, 0.25) is 0 Å². The number of carbonyl (C=O) groups is 1. The molecule has 1 amide bonds. The van der Waals surface area contributed by atoms with E-state index in [1.54, 1.807) is 17.3 Å². The monoisotopic (exact) mass is 312 g/mol. The van der Waals surface area contributed by atoms with E-state index in [4.69, 9.17) is 16.3 Å². The minimum Gasteiger partial charge on any atom is -0.444 e. The van der Waals surface area contributed by atoms with E-state index in [1.807, 2.05) is 20.8 Å². The highest BCUT2D eigenvalue weighted by Crippen LogP contribution is 2.16. The van der Waals surface area contributed by atoms with Crippen molar-refractivity contribution in [1.82, 2.24) is 20.2 Å². The molecule has 2 rings (SSSR count). The van der Waals surface area contributed by atoms with Crippen LogP contribution in [0.4, 0.5) is 4.79 Å². The molecule has 1 aliphatic rings. The predicted molar refractivity (Wildman–Crippen MR) is 80.1 cm³/mol. The first-order valence-electron chi connectivity index (χ1n) is 7.02. The number of nitrogens with zero attached hydrogens (tertiary/aromatic N) is 3. The van der Waals surface area contributed by atoms with Crippen LogP contribution in [0.5, 0.6) is 0 Å². The Labute approximate surface area is 129 Å². The van der Waals surface area contributed by atoms with Gasteiger partial charge in [0.1, 0.15) is 5.60 Å². The molecule has 116 valence electrons. The van der Waals surface area contributed by atoms with Gasteiger partial charge in [0.05, 0.1) is 5.69 Å². The molecule has 1 fully saturated rings. The number of likely N-dealkylation sites (tertiary alicyclic amines) is 1. The molecule has 0 aliphatic carbocycles. The third kappa shape index (κ3) is 4.82. The number of ether oxygens (including phenoxy) is 1. The largest absolute Gasteiger partial charge is 0.444 e. The zero-order chi connectivity index (χ0) is 15.5. The van der Waals surface area contributed by atoms with Crippen molar-refractivity contribution in [2.45, 2.75) is 45.4 Å². The van der Waals surface area contributed by atoms with Gasteiger partial charge in [-0.2, -0.15) is 0 Å². The van der Waals surface area contributed by atoms with Crippen molar-refractivity contribution in [2.24, 2.45) is 0 Å². The molecule has 1 saturated heterocycles. The molecule has 1 aliphatic heterocycles. The van der Waals surface area contributed by atoms with E-state index in [1.165, 1.54) is 0 Å². The van der Waals surface area contributed by atoms with Crippen molar-refractivity contribution in [3.8, 4) is 0 Å². The van der Waals surface area contributed by atoms with E-state index in [2.05, 4.69) is 15.3 Å². The quantitative estimate of drug-likeness (QED) is 0.927. The zero-order valence-corrected chi connectivity index (χ0v) is 13.4. The Hall–Kier alpha value is -1.40. The van der Waals surface area contributed by atoms with Crippen LogP contribution in [0.25, 0.3) is 0 Å². The number of hydrogen-bond acceptors (Lipinski definition) is 5. The molecule has 21 heavy (non-hydrogen) atoms. The second kappa shape index (κ2) is 6.58. The maximum absolute atomic E-state index is 12.0. The summed E-state index contributed by atoms with van der Waals surface area (Å²) in [5.74, 6) is 0. The van der Waals surface area contributed by atoms with Crippen LogP contribution in [0, 0.1) is 0 Å². The van der Waals surface area contributed by atoms with Crippen LogP contribution in [0.2, 0.25) is 5.15 Å². The molecule has 1 N–H and O–H groups in total. The molecule has 1 unspecified atom stereocenters. The fourth-order valence-corrected chi connectivity index (χ4v) is 2.30. The Morgan fingerprint density at radius 1 is 1.48 bits per heavy atom. The fraction of sp³-hybridized carbons (Fsp3) is 0.643. The number of aromatic nitrogens is 2. The first kappa shape index (κ1) is 16.0. The first-order chi connectivity index (χ1) is 9.85. The summed E-state index contributed by atoms with van der Waals surface area (Å²) in [4.78, 5) is 21.9. The Kier molecular flexibility index (Phi) is 5.00. The van der Waals surface area contributed by atoms with Crippen molar-refractivity contribution in [1.29, 1.82) is 0 Å². The summed E-state index contributed by atoms with van der Waals surface area (Å²) in [6, 6.07) is 0.218. The van der Waals surface area contributed by atoms with Gasteiger partial charge in [0.15, 0.2) is 5.15 Å². The van der Waals surface area contributed by atoms with Gasteiger partial charge in [-0.1, -0.05) is 11.6 Å². The lowest BCUT2D eigenvalue weighted by Gasteiger charge is -2.24. The molecule has 0 bridgehead atoms. The topological polar surface area (TPSA) is 67.3 Å². The summed E-state index contributed by atoms with van der Waals surface area (Å²) in [7, 11) is 0. The molecule has 0 radical (unpaired) electrons. The summed E-state index contributed by atoms with van der Waals surface area (Å²) in [6.07, 6.45) is 3.80. The van der Waals surface area contributed by atoms with Gasteiger partial charge in [-0.25, -0.2) is 9.78 Å². The summed E-state index contributed by atoms with van der Waals surface area (Å²) < 4.78 is 5.37. The number of amides is 1. The average molecular weight is 313 g/mol. The van der Waals surface area contributed by atoms with E-state index >= 15 is 0 Å². The van der Waals surface area contributed by atoms with Crippen LogP contribution < -0.4 is 5.32 Å².